The van der Waals surface area contributed by atoms with Gasteiger partial charge < -0.3 is 0 Å². The van der Waals surface area contributed by atoms with Gasteiger partial charge >= 0.3 is 0 Å². The zero-order valence-electron chi connectivity index (χ0n) is 6.96. The van der Waals surface area contributed by atoms with Gasteiger partial charge in [0.15, 0.2) is 0 Å². The van der Waals surface area contributed by atoms with E-state index in [1.165, 1.54) is 5.23 Å². The minimum absolute atomic E-state index is 0.0816. The van der Waals surface area contributed by atoms with Crippen molar-refractivity contribution in [3.05, 3.63) is 23.7 Å². The summed E-state index contributed by atoms with van der Waals surface area (Å²) in [5, 5.41) is 3.32. The summed E-state index contributed by atoms with van der Waals surface area (Å²) in [6, 6.07) is 0. The Hall–Kier alpha value is -1.49. The summed E-state index contributed by atoms with van der Waals surface area (Å²) < 4.78 is 0. The predicted octanol–water partition coefficient (Wildman–Crippen LogP) is -0.166. The van der Waals surface area contributed by atoms with Crippen LogP contribution in [-0.2, 0) is 4.79 Å². The van der Waals surface area contributed by atoms with E-state index in [-0.39, 0.29) is 5.91 Å². The summed E-state index contributed by atoms with van der Waals surface area (Å²) >= 11 is 0. The highest BCUT2D eigenvalue weighted by Crippen LogP contribution is 2.13. The van der Waals surface area contributed by atoms with Crippen molar-refractivity contribution in [3.8, 4) is 0 Å². The Labute approximate surface area is 70.2 Å². The summed E-state index contributed by atoms with van der Waals surface area (Å²) in [4.78, 5) is 11.1. The number of hydrogen-bond donors (Lipinski definition) is 2. The van der Waals surface area contributed by atoms with Gasteiger partial charge in [0.2, 0.25) is 0 Å². The number of carbonyl (C=O) groups excluding carboxylic acids is 1. The Morgan fingerprint density at radius 2 is 2.00 bits per heavy atom. The van der Waals surface area contributed by atoms with E-state index in [1.54, 1.807) is 18.1 Å². The molecule has 0 bridgehead atoms. The molecule has 0 radical (unpaired) electrons. The molecule has 0 saturated heterocycles. The summed E-state index contributed by atoms with van der Waals surface area (Å²) in [5.74, 6) is -0.0816. The van der Waals surface area contributed by atoms with Gasteiger partial charge in [-0.2, -0.15) is 0 Å². The average Bonchev–Trinajstić information content (AvgIpc) is 2.30. The highest BCUT2D eigenvalue weighted by molar-refractivity contribution is 5.92. The smallest absolute Gasteiger partial charge is 0.265 e. The number of rotatable bonds is 0. The van der Waals surface area contributed by atoms with Gasteiger partial charge in [-0.15, -0.1) is 0 Å². The van der Waals surface area contributed by atoms with E-state index in [0.29, 0.717) is 5.57 Å². The molecule has 0 fully saturated rings. The van der Waals surface area contributed by atoms with Crippen LogP contribution in [0.15, 0.2) is 23.7 Å². The van der Waals surface area contributed by atoms with E-state index in [0.717, 1.165) is 5.70 Å². The van der Waals surface area contributed by atoms with Crippen LogP contribution >= 0.6 is 0 Å². The topological polar surface area (TPSA) is 47.6 Å². The number of hydrogen-bond acceptors (Lipinski definition) is 4. The molecule has 12 heavy (non-hydrogen) atoms. The number of fused-ring (bicyclic) bond motifs is 1. The van der Waals surface area contributed by atoms with E-state index < -0.39 is 0 Å². The van der Waals surface area contributed by atoms with Crippen LogP contribution in [0.4, 0.5) is 0 Å². The monoisotopic (exact) mass is 166 g/mol. The maximum absolute atomic E-state index is 11.1. The van der Waals surface area contributed by atoms with Crippen LogP contribution < -0.4 is 10.9 Å². The molecule has 1 amide bonds. The molecule has 0 aromatic rings. The highest BCUT2D eigenvalue weighted by atomic mass is 16.2. The SMILES string of the molecule is CC1=CN2C=C(C)C(=O)NN2N1. The van der Waals surface area contributed by atoms with Gasteiger partial charge in [-0.05, 0) is 19.1 Å². The molecule has 0 saturated carbocycles. The number of amides is 1. The predicted molar refractivity (Wildman–Crippen MR) is 42.5 cm³/mol. The van der Waals surface area contributed by atoms with Crippen molar-refractivity contribution in [2.75, 3.05) is 0 Å². The van der Waals surface area contributed by atoms with Crippen LogP contribution in [0, 0.1) is 0 Å². The second-order valence-electron chi connectivity index (χ2n) is 2.87. The lowest BCUT2D eigenvalue weighted by Crippen LogP contribution is -2.55. The van der Waals surface area contributed by atoms with E-state index in [9.17, 15) is 4.79 Å². The van der Waals surface area contributed by atoms with Gasteiger partial charge in [-0.1, -0.05) is 0 Å². The molecule has 5 nitrogen and oxygen atoms in total. The molecular formula is C7H10N4O. The Balaban J connectivity index is 2.27. The second kappa shape index (κ2) is 2.25. The lowest BCUT2D eigenvalue weighted by molar-refractivity contribution is -0.133. The quantitative estimate of drug-likeness (QED) is 0.524. The molecule has 2 aliphatic rings. The van der Waals surface area contributed by atoms with Gasteiger partial charge in [0, 0.05) is 23.7 Å². The van der Waals surface area contributed by atoms with Gasteiger partial charge in [0.25, 0.3) is 5.91 Å². The van der Waals surface area contributed by atoms with Crippen molar-refractivity contribution in [1.82, 2.24) is 21.1 Å². The largest absolute Gasteiger partial charge is 0.285 e. The Morgan fingerprint density at radius 1 is 1.25 bits per heavy atom. The third-order valence-corrected chi connectivity index (χ3v) is 1.73. The van der Waals surface area contributed by atoms with E-state index >= 15 is 0 Å². The molecule has 2 rings (SSSR count). The number of nitrogens with zero attached hydrogens (tertiary/aromatic N) is 2. The summed E-state index contributed by atoms with van der Waals surface area (Å²) in [7, 11) is 0. The zero-order chi connectivity index (χ0) is 8.72. The standard InChI is InChI=1S/C7H10N4O/c1-5-3-10-4-6(2)8-11(10)9-7(5)12/h3-4,8H,1-2H3,(H,9,12). The molecule has 2 aliphatic heterocycles. The Morgan fingerprint density at radius 3 is 2.75 bits per heavy atom. The average molecular weight is 166 g/mol. The van der Waals surface area contributed by atoms with Gasteiger partial charge in [0.05, 0.1) is 0 Å². The Bertz CT molecular complexity index is 294. The van der Waals surface area contributed by atoms with Crippen molar-refractivity contribution < 1.29 is 4.79 Å². The van der Waals surface area contributed by atoms with E-state index in [4.69, 9.17) is 0 Å². The normalized spacial score (nSPS) is 22.5. The van der Waals surface area contributed by atoms with Crippen molar-refractivity contribution >= 4 is 5.91 Å². The number of nitrogens with one attached hydrogen (secondary N) is 2. The maximum atomic E-state index is 11.1. The molecule has 0 aromatic heterocycles. The summed E-state index contributed by atoms with van der Waals surface area (Å²) in [5.41, 5.74) is 7.28. The van der Waals surface area contributed by atoms with Gasteiger partial charge in [-0.3, -0.25) is 15.2 Å². The molecule has 0 unspecified atom stereocenters. The van der Waals surface area contributed by atoms with Crippen LogP contribution in [0.2, 0.25) is 0 Å². The third-order valence-electron chi connectivity index (χ3n) is 1.73. The van der Waals surface area contributed by atoms with Gasteiger partial charge in [0.1, 0.15) is 0 Å². The van der Waals surface area contributed by atoms with E-state index in [1.807, 2.05) is 13.1 Å². The molecule has 0 spiro atoms. The first-order valence-corrected chi connectivity index (χ1v) is 3.70. The maximum Gasteiger partial charge on any atom is 0.265 e. The Kier molecular flexibility index (Phi) is 1.34. The first-order valence-electron chi connectivity index (χ1n) is 3.70. The molecule has 2 N–H and O–H groups in total. The fourth-order valence-corrected chi connectivity index (χ4v) is 1.13. The first kappa shape index (κ1) is 7.17. The lowest BCUT2D eigenvalue weighted by atomic mass is 10.3. The fraction of sp³-hybridized carbons (Fsp3) is 0.286. The summed E-state index contributed by atoms with van der Waals surface area (Å²) in [6.45, 7) is 3.70. The number of hydrazine groups is 3. The zero-order valence-corrected chi connectivity index (χ0v) is 6.96. The highest BCUT2D eigenvalue weighted by Gasteiger charge is 2.25. The van der Waals surface area contributed by atoms with E-state index in [2.05, 4.69) is 10.9 Å². The minimum Gasteiger partial charge on any atom is -0.285 e. The first-order chi connectivity index (χ1) is 5.66. The van der Waals surface area contributed by atoms with Crippen LogP contribution in [0.5, 0.6) is 0 Å². The molecule has 0 aliphatic carbocycles. The molecule has 0 aromatic carbocycles. The fourth-order valence-electron chi connectivity index (χ4n) is 1.13. The third kappa shape index (κ3) is 0.947. The van der Waals surface area contributed by atoms with Crippen molar-refractivity contribution in [2.45, 2.75) is 13.8 Å². The van der Waals surface area contributed by atoms with Crippen LogP contribution in [0.25, 0.3) is 0 Å². The van der Waals surface area contributed by atoms with Crippen LogP contribution in [0.1, 0.15) is 13.8 Å². The summed E-state index contributed by atoms with van der Waals surface area (Å²) in [6.07, 6.45) is 3.66. The number of carbonyl (C=O) groups is 1. The molecule has 0 atom stereocenters. The molecular weight excluding hydrogens is 156 g/mol. The molecule has 2 heterocycles. The molecule has 5 heteroatoms. The van der Waals surface area contributed by atoms with Crippen molar-refractivity contribution in [1.29, 1.82) is 0 Å². The van der Waals surface area contributed by atoms with Crippen molar-refractivity contribution in [3.63, 3.8) is 0 Å². The lowest BCUT2D eigenvalue weighted by Gasteiger charge is -2.29. The van der Waals surface area contributed by atoms with Gasteiger partial charge in [-0.25, -0.2) is 5.43 Å². The second-order valence-corrected chi connectivity index (χ2v) is 2.87. The van der Waals surface area contributed by atoms with Crippen LogP contribution in [0.3, 0.4) is 0 Å². The number of allylic oxidation sites excluding steroid dienone is 1. The molecule has 64 valence electrons. The van der Waals surface area contributed by atoms with Crippen LogP contribution in [-0.4, -0.2) is 16.1 Å². The minimum atomic E-state index is -0.0816. The van der Waals surface area contributed by atoms with Crippen molar-refractivity contribution in [2.24, 2.45) is 0 Å².